The van der Waals surface area contributed by atoms with E-state index in [0.29, 0.717) is 5.69 Å². The Kier molecular flexibility index (Phi) is 6.72. The van der Waals surface area contributed by atoms with Gasteiger partial charge >= 0.3 is 0 Å². The van der Waals surface area contributed by atoms with Gasteiger partial charge in [-0.15, -0.1) is 11.3 Å². The Morgan fingerprint density at radius 3 is 2.65 bits per heavy atom. The predicted octanol–water partition coefficient (Wildman–Crippen LogP) is 4.68. The highest BCUT2D eigenvalue weighted by molar-refractivity contribution is 7.10. The number of aromatic nitrogens is 2. The van der Waals surface area contributed by atoms with Crippen LogP contribution in [0.2, 0.25) is 0 Å². The van der Waals surface area contributed by atoms with Gasteiger partial charge in [-0.1, -0.05) is 37.5 Å². The average molecular weight is 435 g/mol. The molecule has 2 amide bonds. The summed E-state index contributed by atoms with van der Waals surface area (Å²) in [5.74, 6) is -0.510. The summed E-state index contributed by atoms with van der Waals surface area (Å²) < 4.78 is 0. The highest BCUT2D eigenvalue weighted by Gasteiger charge is 2.35. The lowest BCUT2D eigenvalue weighted by atomic mass is 9.95. The zero-order chi connectivity index (χ0) is 21.6. The van der Waals surface area contributed by atoms with Crippen LogP contribution in [0.3, 0.4) is 0 Å². The van der Waals surface area contributed by atoms with Crippen molar-refractivity contribution in [1.82, 2.24) is 15.3 Å². The summed E-state index contributed by atoms with van der Waals surface area (Å²) in [6.45, 7) is 1.97. The smallest absolute Gasteiger partial charge is 0.279 e. The maximum atomic E-state index is 13.6. The van der Waals surface area contributed by atoms with Crippen molar-refractivity contribution in [2.45, 2.75) is 51.1 Å². The van der Waals surface area contributed by atoms with Crippen molar-refractivity contribution in [2.75, 3.05) is 4.90 Å². The Morgan fingerprint density at radius 2 is 1.97 bits per heavy atom. The Bertz CT molecular complexity index is 1020. The molecule has 1 atom stereocenters. The summed E-state index contributed by atoms with van der Waals surface area (Å²) in [5, 5.41) is 5.14. The first-order valence-corrected chi connectivity index (χ1v) is 11.5. The van der Waals surface area contributed by atoms with Gasteiger partial charge in [0, 0.05) is 29.0 Å². The fraction of sp³-hybridized carbons (Fsp3) is 0.333. The van der Waals surface area contributed by atoms with Crippen molar-refractivity contribution in [3.05, 3.63) is 76.5 Å². The van der Waals surface area contributed by atoms with Crippen molar-refractivity contribution in [1.29, 1.82) is 0 Å². The predicted molar refractivity (Wildman–Crippen MR) is 122 cm³/mol. The number of hydrogen-bond donors (Lipinski definition) is 1. The standard InChI is InChI=1S/C24H26N4O2S/c1-17-7-5-10-19(15-17)28(24(30)20-16-25-12-13-26-20)22(21-11-6-14-31-21)23(29)27-18-8-3-2-4-9-18/h5-7,10-16,18,22H,2-4,8-9H2,1H3,(H,27,29). The van der Waals surface area contributed by atoms with E-state index < -0.39 is 6.04 Å². The molecule has 0 aliphatic heterocycles. The molecule has 4 rings (SSSR count). The first-order valence-electron chi connectivity index (χ1n) is 10.6. The Labute approximate surface area is 186 Å². The number of anilines is 1. The number of benzene rings is 1. The van der Waals surface area contributed by atoms with Crippen molar-refractivity contribution in [3.8, 4) is 0 Å². The van der Waals surface area contributed by atoms with E-state index in [1.807, 2.05) is 48.7 Å². The molecule has 31 heavy (non-hydrogen) atoms. The molecule has 3 aromatic rings. The van der Waals surface area contributed by atoms with Gasteiger partial charge in [-0.2, -0.15) is 0 Å². The second kappa shape index (κ2) is 9.83. The summed E-state index contributed by atoms with van der Waals surface area (Å²) >= 11 is 1.47. The molecular weight excluding hydrogens is 408 g/mol. The highest BCUT2D eigenvalue weighted by atomic mass is 32.1. The van der Waals surface area contributed by atoms with Crippen LogP contribution in [0.1, 0.15) is 59.1 Å². The number of thiophene rings is 1. The van der Waals surface area contributed by atoms with Gasteiger partial charge in [-0.25, -0.2) is 4.98 Å². The fourth-order valence-electron chi connectivity index (χ4n) is 4.04. The van der Waals surface area contributed by atoms with E-state index in [1.54, 1.807) is 4.90 Å². The number of nitrogens with zero attached hydrogens (tertiary/aromatic N) is 3. The third kappa shape index (κ3) is 4.99. The summed E-state index contributed by atoms with van der Waals surface area (Å²) in [6, 6.07) is 10.8. The molecule has 0 bridgehead atoms. The largest absolute Gasteiger partial charge is 0.351 e. The van der Waals surface area contributed by atoms with Crippen molar-refractivity contribution >= 4 is 28.8 Å². The minimum absolute atomic E-state index is 0.148. The molecule has 1 aliphatic carbocycles. The minimum atomic E-state index is -0.779. The molecule has 1 aromatic carbocycles. The average Bonchev–Trinajstić information content (AvgIpc) is 3.32. The minimum Gasteiger partial charge on any atom is -0.351 e. The topological polar surface area (TPSA) is 75.2 Å². The quantitative estimate of drug-likeness (QED) is 0.611. The fourth-order valence-corrected chi connectivity index (χ4v) is 4.85. The van der Waals surface area contributed by atoms with Crippen LogP contribution in [0.4, 0.5) is 5.69 Å². The number of carbonyl (C=O) groups excluding carboxylic acids is 2. The van der Waals surface area contributed by atoms with Crippen molar-refractivity contribution in [3.63, 3.8) is 0 Å². The molecule has 2 aromatic heterocycles. The molecular formula is C24H26N4O2S. The number of nitrogens with one attached hydrogen (secondary N) is 1. The molecule has 1 aliphatic rings. The second-order valence-electron chi connectivity index (χ2n) is 7.87. The molecule has 1 saturated carbocycles. The Balaban J connectivity index is 1.76. The van der Waals surface area contributed by atoms with Crippen LogP contribution in [0.15, 0.2) is 60.4 Å². The summed E-state index contributed by atoms with van der Waals surface area (Å²) in [7, 11) is 0. The van der Waals surface area contributed by atoms with E-state index in [4.69, 9.17) is 0 Å². The van der Waals surface area contributed by atoms with E-state index in [1.165, 1.54) is 36.3 Å². The first kappa shape index (κ1) is 21.2. The zero-order valence-corrected chi connectivity index (χ0v) is 18.3. The molecule has 0 spiro atoms. The summed E-state index contributed by atoms with van der Waals surface area (Å²) in [5.41, 5.74) is 1.87. The van der Waals surface area contributed by atoms with Gasteiger partial charge in [0.25, 0.3) is 5.91 Å². The lowest BCUT2D eigenvalue weighted by molar-refractivity contribution is -0.123. The van der Waals surface area contributed by atoms with Crippen molar-refractivity contribution < 1.29 is 9.59 Å². The van der Waals surface area contributed by atoms with Crippen LogP contribution in [-0.2, 0) is 4.79 Å². The van der Waals surface area contributed by atoms with Crippen LogP contribution < -0.4 is 10.2 Å². The van der Waals surface area contributed by atoms with E-state index >= 15 is 0 Å². The number of aryl methyl sites for hydroxylation is 1. The lowest BCUT2D eigenvalue weighted by Crippen LogP contribution is -2.47. The summed E-state index contributed by atoms with van der Waals surface area (Å²) in [4.78, 5) is 37.9. The monoisotopic (exact) mass is 434 g/mol. The van der Waals surface area contributed by atoms with Crippen molar-refractivity contribution in [2.24, 2.45) is 0 Å². The van der Waals surface area contributed by atoms with Gasteiger partial charge in [-0.05, 0) is 48.9 Å². The SMILES string of the molecule is Cc1cccc(N(C(=O)c2cnccn2)C(C(=O)NC2CCCCC2)c2cccs2)c1. The van der Waals surface area contributed by atoms with E-state index in [9.17, 15) is 9.59 Å². The molecule has 1 N–H and O–H groups in total. The van der Waals surface area contributed by atoms with Gasteiger partial charge < -0.3 is 5.32 Å². The molecule has 160 valence electrons. The summed E-state index contributed by atoms with van der Waals surface area (Å²) in [6.07, 6.45) is 9.86. The van der Waals surface area contributed by atoms with Crippen LogP contribution in [0.5, 0.6) is 0 Å². The molecule has 2 heterocycles. The lowest BCUT2D eigenvalue weighted by Gasteiger charge is -2.32. The number of amides is 2. The van der Waals surface area contributed by atoms with Crippen LogP contribution >= 0.6 is 11.3 Å². The first-order chi connectivity index (χ1) is 15.1. The normalized spacial score (nSPS) is 15.3. The molecule has 0 radical (unpaired) electrons. The van der Waals surface area contributed by atoms with Gasteiger partial charge in [0.2, 0.25) is 5.91 Å². The van der Waals surface area contributed by atoms with Crippen LogP contribution in [-0.4, -0.2) is 27.8 Å². The molecule has 7 heteroatoms. The van der Waals surface area contributed by atoms with E-state index in [-0.39, 0.29) is 23.6 Å². The Morgan fingerprint density at radius 1 is 1.13 bits per heavy atom. The molecule has 1 fully saturated rings. The maximum Gasteiger partial charge on any atom is 0.279 e. The molecule has 1 unspecified atom stereocenters. The third-order valence-electron chi connectivity index (χ3n) is 5.55. The van der Waals surface area contributed by atoms with Gasteiger partial charge in [0.05, 0.1) is 6.20 Å². The van der Waals surface area contributed by atoms with Gasteiger partial charge in [-0.3, -0.25) is 19.5 Å². The Hall–Kier alpha value is -3.06. The second-order valence-corrected chi connectivity index (χ2v) is 8.85. The maximum absolute atomic E-state index is 13.6. The van der Waals surface area contributed by atoms with E-state index in [0.717, 1.165) is 36.1 Å². The molecule has 6 nitrogen and oxygen atoms in total. The van der Waals surface area contributed by atoms with E-state index in [2.05, 4.69) is 15.3 Å². The van der Waals surface area contributed by atoms with Crippen LogP contribution in [0.25, 0.3) is 0 Å². The third-order valence-corrected chi connectivity index (χ3v) is 6.48. The highest BCUT2D eigenvalue weighted by Crippen LogP contribution is 2.33. The van der Waals surface area contributed by atoms with Gasteiger partial charge in [0.1, 0.15) is 5.69 Å². The number of rotatable bonds is 6. The van der Waals surface area contributed by atoms with Gasteiger partial charge in [0.15, 0.2) is 6.04 Å². The number of carbonyl (C=O) groups is 2. The number of hydrogen-bond acceptors (Lipinski definition) is 5. The molecule has 0 saturated heterocycles. The zero-order valence-electron chi connectivity index (χ0n) is 17.5. The van der Waals surface area contributed by atoms with Crippen LogP contribution in [0, 0.1) is 6.92 Å².